The van der Waals surface area contributed by atoms with Crippen molar-refractivity contribution in [2.75, 3.05) is 5.32 Å². The first-order valence-corrected chi connectivity index (χ1v) is 9.32. The number of aromatic nitrogens is 5. The van der Waals surface area contributed by atoms with Gasteiger partial charge in [0.25, 0.3) is 0 Å². The van der Waals surface area contributed by atoms with Crippen molar-refractivity contribution in [3.05, 3.63) is 69.0 Å². The van der Waals surface area contributed by atoms with E-state index in [0.717, 1.165) is 18.5 Å². The second kappa shape index (κ2) is 6.89. The van der Waals surface area contributed by atoms with Crippen molar-refractivity contribution in [2.45, 2.75) is 18.9 Å². The first-order chi connectivity index (χ1) is 14.6. The second-order valence-corrected chi connectivity index (χ2v) is 7.00. The van der Waals surface area contributed by atoms with Gasteiger partial charge in [-0.2, -0.15) is 14.9 Å². The Hall–Kier alpha value is -4.39. The number of hydrogen-bond acceptors (Lipinski definition) is 7. The van der Waals surface area contributed by atoms with Crippen LogP contribution in [0, 0.1) is 11.3 Å². The number of rotatable bonds is 4. The maximum Gasteiger partial charge on any atom is 0.326 e. The minimum absolute atomic E-state index is 0.239. The summed E-state index contributed by atoms with van der Waals surface area (Å²) in [4.78, 5) is 25.6. The van der Waals surface area contributed by atoms with Crippen LogP contribution in [0.5, 0.6) is 5.88 Å². The summed E-state index contributed by atoms with van der Waals surface area (Å²) in [5.41, 5.74) is 2.26. The van der Waals surface area contributed by atoms with E-state index < -0.39 is 5.69 Å². The number of fused-ring (bicyclic) bond motifs is 1. The van der Waals surface area contributed by atoms with Gasteiger partial charge < -0.3 is 15.4 Å². The zero-order valence-electron chi connectivity index (χ0n) is 15.6. The van der Waals surface area contributed by atoms with Gasteiger partial charge in [-0.25, -0.2) is 9.78 Å². The van der Waals surface area contributed by atoms with Crippen LogP contribution in [0.2, 0.25) is 0 Å². The van der Waals surface area contributed by atoms with E-state index in [1.165, 1.54) is 0 Å². The monoisotopic (exact) mass is 400 g/mol. The number of hydrogen-bond donors (Lipinski definition) is 4. The Morgan fingerprint density at radius 1 is 1.30 bits per heavy atom. The van der Waals surface area contributed by atoms with Crippen molar-refractivity contribution in [1.29, 1.82) is 5.26 Å². The summed E-state index contributed by atoms with van der Waals surface area (Å²) in [6.07, 6.45) is 5.28. The molecular formula is C20H16N8O2. The Labute approximate surface area is 168 Å². The molecule has 1 saturated carbocycles. The third kappa shape index (κ3) is 3.40. The normalized spacial score (nSPS) is 14.9. The van der Waals surface area contributed by atoms with Crippen LogP contribution in [-0.4, -0.2) is 35.7 Å². The fraction of sp³-hybridized carbons (Fsp3) is 0.150. The van der Waals surface area contributed by atoms with Crippen LogP contribution >= 0.6 is 0 Å². The summed E-state index contributed by atoms with van der Waals surface area (Å²) in [5, 5.41) is 27.0. The number of benzene rings is 1. The molecule has 10 nitrogen and oxygen atoms in total. The van der Waals surface area contributed by atoms with E-state index in [1.807, 2.05) is 6.07 Å². The van der Waals surface area contributed by atoms with E-state index in [0.29, 0.717) is 27.7 Å². The van der Waals surface area contributed by atoms with Gasteiger partial charge >= 0.3 is 5.69 Å². The molecule has 1 aliphatic rings. The number of nitriles is 1. The Morgan fingerprint density at radius 2 is 2.10 bits per heavy atom. The van der Waals surface area contributed by atoms with Crippen LogP contribution in [0.25, 0.3) is 11.7 Å². The van der Waals surface area contributed by atoms with Crippen molar-refractivity contribution < 1.29 is 5.11 Å². The maximum atomic E-state index is 11.4. The molecule has 3 aromatic heterocycles. The fourth-order valence-corrected chi connectivity index (χ4v) is 3.04. The largest absolute Gasteiger partial charge is 0.493 e. The Bertz CT molecular complexity index is 1470. The summed E-state index contributed by atoms with van der Waals surface area (Å²) in [5.74, 6) is 0.308. The third-order valence-corrected chi connectivity index (χ3v) is 4.66. The molecule has 1 aromatic carbocycles. The van der Waals surface area contributed by atoms with Gasteiger partial charge in [0.2, 0.25) is 5.88 Å². The summed E-state index contributed by atoms with van der Waals surface area (Å²) >= 11 is 0. The number of aromatic hydroxyl groups is 1. The first-order valence-electron chi connectivity index (χ1n) is 9.32. The van der Waals surface area contributed by atoms with E-state index >= 15 is 0 Å². The van der Waals surface area contributed by atoms with Gasteiger partial charge in [0.05, 0.1) is 23.9 Å². The highest BCUT2D eigenvalue weighted by Gasteiger charge is 2.20. The molecule has 30 heavy (non-hydrogen) atoms. The molecule has 1 fully saturated rings. The molecule has 0 saturated heterocycles. The lowest BCUT2D eigenvalue weighted by atomic mass is 10.2. The van der Waals surface area contributed by atoms with Gasteiger partial charge in [-0.1, -0.05) is 0 Å². The number of anilines is 2. The van der Waals surface area contributed by atoms with E-state index in [2.05, 4.69) is 31.4 Å². The minimum atomic E-state index is -0.504. The molecule has 0 radical (unpaired) electrons. The Balaban J connectivity index is 1.65. The van der Waals surface area contributed by atoms with E-state index in [1.54, 1.807) is 41.1 Å². The highest BCUT2D eigenvalue weighted by Crippen LogP contribution is 2.22. The Kier molecular flexibility index (Phi) is 4.07. The SMILES string of the molecule is N#Cc1ccc(Nc2cc(=NC3CC3)n3ncc(=Cc4[nH]c(=O)[nH]c4O)c3n2)cc1. The van der Waals surface area contributed by atoms with E-state index in [-0.39, 0.29) is 17.6 Å². The molecule has 3 heterocycles. The van der Waals surface area contributed by atoms with Gasteiger partial charge in [0.1, 0.15) is 11.5 Å². The molecule has 4 aromatic rings. The third-order valence-electron chi connectivity index (χ3n) is 4.66. The highest BCUT2D eigenvalue weighted by molar-refractivity contribution is 5.61. The predicted octanol–water partition coefficient (Wildman–Crippen LogP) is 0.677. The Morgan fingerprint density at radius 3 is 2.77 bits per heavy atom. The number of H-pyrrole nitrogens is 2. The molecule has 0 aliphatic heterocycles. The summed E-state index contributed by atoms with van der Waals surface area (Å²) in [6, 6.07) is 11.2. The molecular weight excluding hydrogens is 384 g/mol. The smallest absolute Gasteiger partial charge is 0.326 e. The van der Waals surface area contributed by atoms with Crippen LogP contribution in [0.1, 0.15) is 24.1 Å². The van der Waals surface area contributed by atoms with Crippen LogP contribution in [0.3, 0.4) is 0 Å². The summed E-state index contributed by atoms with van der Waals surface area (Å²) in [6.45, 7) is 0. The molecule has 10 heteroatoms. The number of imidazole rings is 1. The molecule has 4 N–H and O–H groups in total. The first kappa shape index (κ1) is 17.7. The maximum absolute atomic E-state index is 11.4. The number of aromatic amines is 2. The molecule has 148 valence electrons. The van der Waals surface area contributed by atoms with Gasteiger partial charge in [-0.3, -0.25) is 9.98 Å². The van der Waals surface area contributed by atoms with E-state index in [4.69, 9.17) is 10.3 Å². The van der Waals surface area contributed by atoms with Crippen LogP contribution in [-0.2, 0) is 0 Å². The highest BCUT2D eigenvalue weighted by atomic mass is 16.3. The van der Waals surface area contributed by atoms with E-state index in [9.17, 15) is 9.90 Å². The van der Waals surface area contributed by atoms with Crippen molar-refractivity contribution in [3.8, 4) is 11.9 Å². The molecule has 0 amide bonds. The lowest BCUT2D eigenvalue weighted by molar-refractivity contribution is 0.454. The summed E-state index contributed by atoms with van der Waals surface area (Å²) < 4.78 is 1.63. The van der Waals surface area contributed by atoms with Crippen LogP contribution in [0.15, 0.2) is 46.3 Å². The molecule has 0 atom stereocenters. The summed E-state index contributed by atoms with van der Waals surface area (Å²) in [7, 11) is 0. The lowest BCUT2D eigenvalue weighted by Crippen LogP contribution is -2.19. The van der Waals surface area contributed by atoms with Crippen molar-refractivity contribution >= 4 is 23.2 Å². The quantitative estimate of drug-likeness (QED) is 0.396. The van der Waals surface area contributed by atoms with Crippen LogP contribution in [0.4, 0.5) is 11.5 Å². The van der Waals surface area contributed by atoms with Gasteiger partial charge in [-0.05, 0) is 43.2 Å². The fourth-order valence-electron chi connectivity index (χ4n) is 3.04. The van der Waals surface area contributed by atoms with Gasteiger partial charge in [-0.15, -0.1) is 0 Å². The standard InChI is InChI=1S/C20H16N8O2/c21-9-11-1-3-13(4-2-11)23-16-8-17(24-14-5-6-14)28-18(26-16)12(10-22-28)7-15-19(29)27-20(30)25-15/h1-4,7-8,10,14,23,29H,5-6H2,(H2,25,27,30). The topological polar surface area (TPSA) is 147 Å². The predicted molar refractivity (Wildman–Crippen MR) is 108 cm³/mol. The zero-order valence-corrected chi connectivity index (χ0v) is 15.6. The molecule has 0 spiro atoms. The van der Waals surface area contributed by atoms with Gasteiger partial charge in [0.15, 0.2) is 11.1 Å². The van der Waals surface area contributed by atoms with Gasteiger partial charge in [0, 0.05) is 17.0 Å². The molecule has 0 bridgehead atoms. The zero-order chi connectivity index (χ0) is 20.7. The average Bonchev–Trinajstić information content (AvgIpc) is 3.37. The molecule has 1 aliphatic carbocycles. The molecule has 5 rings (SSSR count). The van der Waals surface area contributed by atoms with Crippen LogP contribution < -0.4 is 21.7 Å². The number of nitrogens with zero attached hydrogens (tertiary/aromatic N) is 5. The second-order valence-electron chi connectivity index (χ2n) is 7.00. The molecule has 0 unspecified atom stereocenters. The van der Waals surface area contributed by atoms with Crippen molar-refractivity contribution in [3.63, 3.8) is 0 Å². The number of nitrogens with one attached hydrogen (secondary N) is 3. The minimum Gasteiger partial charge on any atom is -0.493 e. The van der Waals surface area contributed by atoms with Crippen molar-refractivity contribution in [2.24, 2.45) is 4.99 Å². The average molecular weight is 400 g/mol. The van der Waals surface area contributed by atoms with Crippen molar-refractivity contribution in [1.82, 2.24) is 24.6 Å². The lowest BCUT2D eigenvalue weighted by Gasteiger charge is -2.06.